The normalized spacial score (nSPS) is 14.5. The third kappa shape index (κ3) is 4.96. The fourth-order valence-corrected chi connectivity index (χ4v) is 3.13. The molecule has 3 rings (SSSR count). The summed E-state index contributed by atoms with van der Waals surface area (Å²) in [7, 11) is 1.79. The van der Waals surface area contributed by atoms with E-state index in [0.29, 0.717) is 12.4 Å². The molecule has 0 unspecified atom stereocenters. The van der Waals surface area contributed by atoms with Crippen LogP contribution in [0.5, 0.6) is 5.88 Å². The minimum Gasteiger partial charge on any atom is -0.477 e. The Balaban J connectivity index is 1.47. The predicted molar refractivity (Wildman–Crippen MR) is 98.6 cm³/mol. The van der Waals surface area contributed by atoms with E-state index in [9.17, 15) is 0 Å². The molecule has 0 atom stereocenters. The van der Waals surface area contributed by atoms with Gasteiger partial charge in [-0.2, -0.15) is 0 Å². The van der Waals surface area contributed by atoms with Gasteiger partial charge in [-0.1, -0.05) is 0 Å². The number of guanidine groups is 1. The van der Waals surface area contributed by atoms with Gasteiger partial charge in [-0.05, 0) is 54.3 Å². The van der Waals surface area contributed by atoms with Gasteiger partial charge in [0.15, 0.2) is 5.96 Å². The first-order chi connectivity index (χ1) is 11.7. The molecule has 1 aliphatic carbocycles. The number of aromatic nitrogens is 1. The molecule has 0 aliphatic heterocycles. The number of nitrogens with zero attached hydrogens (tertiary/aromatic N) is 2. The van der Waals surface area contributed by atoms with Gasteiger partial charge in [-0.3, -0.25) is 4.99 Å². The number of aryl methyl sites for hydroxylation is 1. The zero-order valence-electron chi connectivity index (χ0n) is 14.2. The van der Waals surface area contributed by atoms with Crippen molar-refractivity contribution in [2.45, 2.75) is 32.9 Å². The van der Waals surface area contributed by atoms with Gasteiger partial charge in [0.1, 0.15) is 0 Å². The Morgan fingerprint density at radius 3 is 2.88 bits per heavy atom. The summed E-state index contributed by atoms with van der Waals surface area (Å²) in [6.07, 6.45) is 4.37. The van der Waals surface area contributed by atoms with Gasteiger partial charge in [0.2, 0.25) is 5.88 Å². The molecule has 0 radical (unpaired) electrons. The highest BCUT2D eigenvalue weighted by atomic mass is 32.1. The van der Waals surface area contributed by atoms with Crippen LogP contribution in [0.3, 0.4) is 0 Å². The van der Waals surface area contributed by atoms with Crippen molar-refractivity contribution in [2.24, 2.45) is 10.9 Å². The summed E-state index contributed by atoms with van der Waals surface area (Å²) in [4.78, 5) is 9.88. The third-order valence-electron chi connectivity index (χ3n) is 4.03. The van der Waals surface area contributed by atoms with Crippen molar-refractivity contribution in [3.63, 3.8) is 0 Å². The van der Waals surface area contributed by atoms with E-state index in [2.05, 4.69) is 39.0 Å². The van der Waals surface area contributed by atoms with Crippen LogP contribution in [0, 0.1) is 12.8 Å². The van der Waals surface area contributed by atoms with Crippen LogP contribution in [0.25, 0.3) is 0 Å². The maximum atomic E-state index is 5.73. The molecule has 6 heteroatoms. The minimum atomic E-state index is 0.686. The van der Waals surface area contributed by atoms with E-state index in [4.69, 9.17) is 4.74 Å². The van der Waals surface area contributed by atoms with Gasteiger partial charge in [0.05, 0.1) is 13.2 Å². The van der Waals surface area contributed by atoms with Crippen molar-refractivity contribution >= 4 is 17.3 Å². The highest BCUT2D eigenvalue weighted by Crippen LogP contribution is 2.29. The smallest absolute Gasteiger partial charge is 0.213 e. The van der Waals surface area contributed by atoms with Crippen molar-refractivity contribution in [1.82, 2.24) is 15.6 Å². The molecule has 2 N–H and O–H groups in total. The van der Waals surface area contributed by atoms with Crippen LogP contribution in [0.2, 0.25) is 0 Å². The van der Waals surface area contributed by atoms with Crippen molar-refractivity contribution < 1.29 is 4.74 Å². The van der Waals surface area contributed by atoms with E-state index in [1.807, 2.05) is 12.1 Å². The predicted octanol–water partition coefficient (Wildman–Crippen LogP) is 3.11. The second-order valence-corrected chi connectivity index (χ2v) is 7.06. The lowest BCUT2D eigenvalue weighted by Crippen LogP contribution is -2.36. The zero-order valence-corrected chi connectivity index (χ0v) is 15.0. The molecule has 2 aromatic heterocycles. The summed E-state index contributed by atoms with van der Waals surface area (Å²) >= 11 is 1.76. The maximum Gasteiger partial charge on any atom is 0.213 e. The van der Waals surface area contributed by atoms with Crippen LogP contribution >= 0.6 is 11.3 Å². The monoisotopic (exact) mass is 344 g/mol. The molecule has 24 heavy (non-hydrogen) atoms. The van der Waals surface area contributed by atoms with Crippen LogP contribution in [-0.2, 0) is 13.1 Å². The number of aliphatic imine (C=N–C) groups is 1. The number of rotatable bonds is 7. The van der Waals surface area contributed by atoms with Crippen molar-refractivity contribution in [1.29, 1.82) is 0 Å². The van der Waals surface area contributed by atoms with Crippen LogP contribution in [0.15, 0.2) is 34.8 Å². The maximum absolute atomic E-state index is 5.73. The lowest BCUT2D eigenvalue weighted by atomic mass is 10.2. The van der Waals surface area contributed by atoms with Crippen LogP contribution in [0.1, 0.15) is 28.8 Å². The quantitative estimate of drug-likeness (QED) is 0.598. The Kier molecular flexibility index (Phi) is 5.69. The average Bonchev–Trinajstić information content (AvgIpc) is 3.35. The van der Waals surface area contributed by atoms with Crippen molar-refractivity contribution in [2.75, 3.05) is 13.7 Å². The molecular formula is C18H24N4OS. The second kappa shape index (κ2) is 8.15. The molecule has 1 fully saturated rings. The summed E-state index contributed by atoms with van der Waals surface area (Å²) < 4.78 is 5.73. The van der Waals surface area contributed by atoms with Gasteiger partial charge < -0.3 is 15.4 Å². The Labute approximate surface area is 147 Å². The number of ether oxygens (including phenoxy) is 1. The first-order valence-electron chi connectivity index (χ1n) is 8.30. The van der Waals surface area contributed by atoms with E-state index in [0.717, 1.165) is 30.6 Å². The summed E-state index contributed by atoms with van der Waals surface area (Å²) in [5.41, 5.74) is 2.44. The van der Waals surface area contributed by atoms with Gasteiger partial charge >= 0.3 is 0 Å². The topological polar surface area (TPSA) is 58.5 Å². The molecule has 0 aromatic carbocycles. The molecule has 2 aromatic rings. The fraction of sp³-hybridized carbons (Fsp3) is 0.444. The van der Waals surface area contributed by atoms with Crippen LogP contribution < -0.4 is 15.4 Å². The van der Waals surface area contributed by atoms with Crippen LogP contribution in [-0.4, -0.2) is 24.6 Å². The van der Waals surface area contributed by atoms with Crippen molar-refractivity contribution in [3.05, 3.63) is 45.8 Å². The van der Waals surface area contributed by atoms with Gasteiger partial charge in [0.25, 0.3) is 0 Å². The first-order valence-corrected chi connectivity index (χ1v) is 9.18. The molecule has 0 amide bonds. The van der Waals surface area contributed by atoms with Gasteiger partial charge in [-0.15, -0.1) is 11.3 Å². The van der Waals surface area contributed by atoms with Gasteiger partial charge in [0, 0.05) is 30.7 Å². The van der Waals surface area contributed by atoms with E-state index >= 15 is 0 Å². The molecule has 2 heterocycles. The highest BCUT2D eigenvalue weighted by molar-refractivity contribution is 7.10. The minimum absolute atomic E-state index is 0.686. The zero-order chi connectivity index (χ0) is 16.8. The Bertz CT molecular complexity index is 694. The number of nitrogens with one attached hydrogen (secondary N) is 2. The molecule has 0 saturated heterocycles. The number of hydrogen-bond donors (Lipinski definition) is 2. The van der Waals surface area contributed by atoms with Crippen molar-refractivity contribution in [3.8, 4) is 5.88 Å². The van der Waals surface area contributed by atoms with Crippen LogP contribution in [0.4, 0.5) is 0 Å². The molecule has 1 saturated carbocycles. The lowest BCUT2D eigenvalue weighted by Gasteiger charge is -2.12. The lowest BCUT2D eigenvalue weighted by molar-refractivity contribution is 0.288. The Morgan fingerprint density at radius 1 is 1.33 bits per heavy atom. The molecule has 128 valence electrons. The fourth-order valence-electron chi connectivity index (χ4n) is 2.28. The number of thiophene rings is 1. The first kappa shape index (κ1) is 16.8. The third-order valence-corrected chi connectivity index (χ3v) is 5.05. The van der Waals surface area contributed by atoms with E-state index in [1.54, 1.807) is 24.6 Å². The molecule has 0 spiro atoms. The summed E-state index contributed by atoms with van der Waals surface area (Å²) in [5.74, 6) is 2.23. The molecular weight excluding hydrogens is 320 g/mol. The van der Waals surface area contributed by atoms with E-state index in [1.165, 1.54) is 23.3 Å². The molecule has 1 aliphatic rings. The summed E-state index contributed by atoms with van der Waals surface area (Å²) in [6.45, 7) is 4.39. The standard InChI is InChI=1S/C18H24N4OS/c1-13-6-8-24-16(13)11-22-18(19-2)21-10-15-5-7-20-17(9-15)23-12-14-3-4-14/h5-9,14H,3-4,10-12H2,1-2H3,(H2,19,21,22). The second-order valence-electron chi connectivity index (χ2n) is 6.06. The highest BCUT2D eigenvalue weighted by Gasteiger charge is 2.22. The molecule has 5 nitrogen and oxygen atoms in total. The van der Waals surface area contributed by atoms with Gasteiger partial charge in [-0.25, -0.2) is 4.98 Å². The van der Waals surface area contributed by atoms with E-state index < -0.39 is 0 Å². The average molecular weight is 344 g/mol. The largest absolute Gasteiger partial charge is 0.477 e. The van der Waals surface area contributed by atoms with E-state index in [-0.39, 0.29) is 0 Å². The summed E-state index contributed by atoms with van der Waals surface area (Å²) in [5, 5.41) is 8.79. The SMILES string of the molecule is CN=C(NCc1ccnc(OCC2CC2)c1)NCc1sccc1C. The summed E-state index contributed by atoms with van der Waals surface area (Å²) in [6, 6.07) is 6.12. The Morgan fingerprint density at radius 2 is 2.17 bits per heavy atom. The number of pyridine rings is 1. The number of hydrogen-bond acceptors (Lipinski definition) is 4. The molecule has 0 bridgehead atoms. The Hall–Kier alpha value is -2.08.